The smallest absolute Gasteiger partial charge is 0.0367 e. The minimum absolute atomic E-state index is 0.190. The second-order valence-corrected chi connectivity index (χ2v) is 31.4. The zero-order valence-corrected chi connectivity index (χ0v) is 18.7. The van der Waals surface area contributed by atoms with Crippen LogP contribution in [-0.4, -0.2) is 11.3 Å². The van der Waals surface area contributed by atoms with E-state index in [1.54, 1.807) is 6.08 Å². The van der Waals surface area contributed by atoms with Crippen molar-refractivity contribution in [1.82, 2.24) is 0 Å². The van der Waals surface area contributed by atoms with Crippen molar-refractivity contribution in [1.29, 1.82) is 0 Å². The molecule has 0 aliphatic heterocycles. The molecule has 102 valence electrons. The van der Waals surface area contributed by atoms with Crippen molar-refractivity contribution in [3.05, 3.63) is 49.4 Å². The molecule has 0 nitrogen and oxygen atoms in total. The molecule has 0 spiro atoms. The molecule has 0 saturated heterocycles. The van der Waals surface area contributed by atoms with E-state index in [4.69, 9.17) is 0 Å². The number of allylic oxidation sites excluding steroid dienone is 5. The van der Waals surface area contributed by atoms with E-state index >= 15 is 0 Å². The van der Waals surface area contributed by atoms with Gasteiger partial charge < -0.3 is 0 Å². The van der Waals surface area contributed by atoms with Crippen LogP contribution in [0, 0.1) is 0 Å². The SMILES string of the molecule is C=CC=CC=CP(P)(=CP(P)(P)=CC=C)P(P)P. The summed E-state index contributed by atoms with van der Waals surface area (Å²) in [5.74, 6) is 4.51. The Balaban J connectivity index is 5.54. The van der Waals surface area contributed by atoms with Crippen molar-refractivity contribution in [2.24, 2.45) is 0 Å². The second-order valence-electron chi connectivity index (χ2n) is 3.53. The quantitative estimate of drug-likeness (QED) is 0.365. The second kappa shape index (κ2) is 9.97. The molecule has 0 saturated carbocycles. The van der Waals surface area contributed by atoms with Crippen LogP contribution in [0.1, 0.15) is 0 Å². The van der Waals surface area contributed by atoms with Gasteiger partial charge in [-0.15, -0.1) is 44.6 Å². The first-order valence-corrected chi connectivity index (χ1v) is 19.0. The van der Waals surface area contributed by atoms with Gasteiger partial charge in [-0.1, -0.05) is 61.4 Å². The largest absolute Gasteiger partial charge is 0.104 e. The summed E-state index contributed by atoms with van der Waals surface area (Å²) in [4.78, 5) is 0. The first-order valence-electron chi connectivity index (χ1n) is 5.01. The first-order chi connectivity index (χ1) is 8.27. The van der Waals surface area contributed by atoms with Gasteiger partial charge in [0.15, 0.2) is 0 Å². The fourth-order valence-electron chi connectivity index (χ4n) is 1.05. The molecular formula is C10H22P8. The standard InChI is InChI=1S/C10H22P8/c1-3-5-6-7-9-18(15,16(11)12)10-17(13,14)8-4-2/h3-10H,1-2,11-15H2. The third kappa shape index (κ3) is 8.43. The summed E-state index contributed by atoms with van der Waals surface area (Å²) >= 11 is 0. The predicted octanol–water partition coefficient (Wildman–Crippen LogP) is 6.37. The van der Waals surface area contributed by atoms with Crippen molar-refractivity contribution in [3.63, 3.8) is 0 Å². The van der Waals surface area contributed by atoms with Crippen molar-refractivity contribution < 1.29 is 0 Å². The van der Waals surface area contributed by atoms with Gasteiger partial charge in [0, 0.05) is 0 Å². The van der Waals surface area contributed by atoms with E-state index in [9.17, 15) is 0 Å². The van der Waals surface area contributed by atoms with Crippen molar-refractivity contribution >= 4 is 75.5 Å². The highest BCUT2D eigenvalue weighted by atomic mass is 32.8. The van der Waals surface area contributed by atoms with E-state index in [0.717, 1.165) is 0 Å². The molecule has 0 heterocycles. The average molecular weight is 390 g/mol. The van der Waals surface area contributed by atoms with E-state index in [1.807, 2.05) is 18.2 Å². The van der Waals surface area contributed by atoms with E-state index in [1.165, 1.54) is 0 Å². The molecule has 0 rings (SSSR count). The van der Waals surface area contributed by atoms with Crippen molar-refractivity contribution in [2.75, 3.05) is 0 Å². The van der Waals surface area contributed by atoms with Crippen LogP contribution >= 0.6 is 64.2 Å². The third-order valence-corrected chi connectivity index (χ3v) is 30.4. The van der Waals surface area contributed by atoms with Crippen LogP contribution in [0.2, 0.25) is 0 Å². The summed E-state index contributed by atoms with van der Waals surface area (Å²) in [6.07, 6.45) is 7.18. The summed E-state index contributed by atoms with van der Waals surface area (Å²) in [5.41, 5.74) is 2.49. The summed E-state index contributed by atoms with van der Waals surface area (Å²) in [6, 6.07) is 0. The molecule has 0 aromatic rings. The highest BCUT2D eigenvalue weighted by molar-refractivity contribution is 8.88. The van der Waals surface area contributed by atoms with Crippen LogP contribution in [0.25, 0.3) is 0 Å². The zero-order valence-electron chi connectivity index (χ0n) is 10.3. The molecule has 0 radical (unpaired) electrons. The summed E-state index contributed by atoms with van der Waals surface area (Å²) in [6.45, 7) is 7.27. The van der Waals surface area contributed by atoms with Crippen LogP contribution in [0.3, 0.4) is 0 Å². The lowest BCUT2D eigenvalue weighted by molar-refractivity contribution is 1.97. The Bertz CT molecular complexity index is 448. The van der Waals surface area contributed by atoms with Crippen LogP contribution in [0.4, 0.5) is 0 Å². The van der Waals surface area contributed by atoms with Gasteiger partial charge in [0.25, 0.3) is 0 Å². The molecule has 18 heavy (non-hydrogen) atoms. The van der Waals surface area contributed by atoms with Gasteiger partial charge in [-0.2, -0.15) is 0 Å². The zero-order chi connectivity index (χ0) is 14.2. The summed E-state index contributed by atoms with van der Waals surface area (Å²) in [7, 11) is 14.9. The van der Waals surface area contributed by atoms with Crippen LogP contribution in [-0.2, 0) is 0 Å². The normalized spacial score (nSPS) is 15.9. The number of rotatable bonds is 6. The van der Waals surface area contributed by atoms with E-state index in [2.05, 4.69) is 81.0 Å². The molecule has 0 aliphatic rings. The Morgan fingerprint density at radius 1 is 0.889 bits per heavy atom. The minimum atomic E-state index is -1.29. The van der Waals surface area contributed by atoms with Crippen LogP contribution in [0.15, 0.2) is 49.4 Å². The van der Waals surface area contributed by atoms with Gasteiger partial charge >= 0.3 is 0 Å². The fraction of sp³-hybridized carbons (Fsp3) is 0. The van der Waals surface area contributed by atoms with E-state index in [-0.39, 0.29) is 6.99 Å². The van der Waals surface area contributed by atoms with Crippen LogP contribution in [0.5, 0.6) is 0 Å². The van der Waals surface area contributed by atoms with E-state index < -0.39 is 12.5 Å². The molecule has 8 heteroatoms. The Morgan fingerprint density at radius 2 is 1.50 bits per heavy atom. The molecule has 0 amide bonds. The molecule has 0 aromatic carbocycles. The maximum absolute atomic E-state index is 3.79. The summed E-state index contributed by atoms with van der Waals surface area (Å²) < 4.78 is 0. The number of hydrogen-bond acceptors (Lipinski definition) is 0. The fourth-order valence-corrected chi connectivity index (χ4v) is 25.4. The van der Waals surface area contributed by atoms with Gasteiger partial charge in [0.2, 0.25) is 0 Å². The third-order valence-electron chi connectivity index (χ3n) is 1.83. The molecular weight excluding hydrogens is 368 g/mol. The Hall–Kier alpha value is 2.14. The molecule has 0 bridgehead atoms. The maximum Gasteiger partial charge on any atom is -0.0367 e. The molecule has 0 N–H and O–H groups in total. The molecule has 6 atom stereocenters. The summed E-state index contributed by atoms with van der Waals surface area (Å²) in [5, 5.41) is 0. The predicted molar refractivity (Wildman–Crippen MR) is 120 cm³/mol. The number of hydrogen-bond donors (Lipinski definition) is 0. The Morgan fingerprint density at radius 3 is 1.94 bits per heavy atom. The van der Waals surface area contributed by atoms with Gasteiger partial charge in [-0.25, -0.2) is 0 Å². The average Bonchev–Trinajstić information content (AvgIpc) is 2.23. The highest BCUT2D eigenvalue weighted by Crippen LogP contribution is 2.92. The molecule has 6 unspecified atom stereocenters. The van der Waals surface area contributed by atoms with E-state index in [0.29, 0.717) is 0 Å². The van der Waals surface area contributed by atoms with Crippen molar-refractivity contribution in [3.8, 4) is 0 Å². The Kier molecular flexibility index (Phi) is 11.1. The van der Waals surface area contributed by atoms with Crippen molar-refractivity contribution in [2.45, 2.75) is 0 Å². The molecule has 0 aliphatic carbocycles. The molecule has 0 fully saturated rings. The lowest BCUT2D eigenvalue weighted by atomic mass is 10.5. The lowest BCUT2D eigenvalue weighted by Gasteiger charge is -2.25. The first kappa shape index (κ1) is 20.1. The Labute approximate surface area is 124 Å². The highest BCUT2D eigenvalue weighted by Gasteiger charge is 2.15. The van der Waals surface area contributed by atoms with Gasteiger partial charge in [-0.05, 0) is 18.8 Å². The lowest BCUT2D eigenvalue weighted by Crippen LogP contribution is -1.70. The molecule has 0 aromatic heterocycles. The maximum atomic E-state index is 3.79. The van der Waals surface area contributed by atoms with Gasteiger partial charge in [0.1, 0.15) is 0 Å². The van der Waals surface area contributed by atoms with Crippen LogP contribution < -0.4 is 0 Å². The topological polar surface area (TPSA) is 0 Å². The monoisotopic (exact) mass is 390 g/mol. The minimum Gasteiger partial charge on any atom is -0.104 e. The van der Waals surface area contributed by atoms with Gasteiger partial charge in [0.05, 0.1) is 0 Å². The van der Waals surface area contributed by atoms with Gasteiger partial charge in [-0.3, -0.25) is 0 Å².